The van der Waals surface area contributed by atoms with E-state index in [1.165, 1.54) is 11.1 Å². The quantitative estimate of drug-likeness (QED) is 0.841. The van der Waals surface area contributed by atoms with Crippen molar-refractivity contribution in [2.75, 3.05) is 32.7 Å². The molecule has 1 heterocycles. The summed E-state index contributed by atoms with van der Waals surface area (Å²) >= 11 is 0. The molecule has 1 fully saturated rings. The number of amides is 2. The van der Waals surface area contributed by atoms with Crippen molar-refractivity contribution >= 4 is 6.03 Å². The fourth-order valence-electron chi connectivity index (χ4n) is 2.17. The summed E-state index contributed by atoms with van der Waals surface area (Å²) in [7, 11) is 0. The van der Waals surface area contributed by atoms with Crippen LogP contribution in [0.3, 0.4) is 0 Å². The number of hydrogen-bond donors (Lipinski definition) is 2. The molecule has 0 radical (unpaired) electrons. The van der Waals surface area contributed by atoms with Crippen molar-refractivity contribution in [2.24, 2.45) is 0 Å². The first-order chi connectivity index (χ1) is 8.77. The molecule has 2 N–H and O–H groups in total. The number of piperazine rings is 1. The number of nitrogens with zero attached hydrogens (tertiary/aromatic N) is 1. The van der Waals surface area contributed by atoms with Crippen LogP contribution in [-0.2, 0) is 6.42 Å². The largest absolute Gasteiger partial charge is 0.338 e. The number of carbonyl (C=O) groups excluding carboxylic acids is 1. The van der Waals surface area contributed by atoms with Crippen LogP contribution in [-0.4, -0.2) is 43.7 Å². The van der Waals surface area contributed by atoms with E-state index in [2.05, 4.69) is 29.7 Å². The third kappa shape index (κ3) is 3.47. The minimum absolute atomic E-state index is 0.0603. The summed E-state index contributed by atoms with van der Waals surface area (Å²) in [5, 5.41) is 6.22. The fraction of sp³-hybridized carbons (Fsp3) is 0.500. The average Bonchev–Trinajstić information content (AvgIpc) is 2.42. The molecule has 2 rings (SSSR count). The van der Waals surface area contributed by atoms with Gasteiger partial charge >= 0.3 is 6.03 Å². The molecule has 0 atom stereocenters. The van der Waals surface area contributed by atoms with Crippen molar-refractivity contribution in [3.63, 3.8) is 0 Å². The third-order valence-corrected chi connectivity index (χ3v) is 3.34. The van der Waals surface area contributed by atoms with Crippen LogP contribution in [0.15, 0.2) is 24.3 Å². The molecule has 0 bridgehead atoms. The van der Waals surface area contributed by atoms with Gasteiger partial charge in [0.2, 0.25) is 0 Å². The summed E-state index contributed by atoms with van der Waals surface area (Å²) in [6.07, 6.45) is 0.893. The van der Waals surface area contributed by atoms with Crippen molar-refractivity contribution < 1.29 is 4.79 Å². The van der Waals surface area contributed by atoms with E-state index in [0.717, 1.165) is 32.6 Å². The van der Waals surface area contributed by atoms with Gasteiger partial charge in [-0.15, -0.1) is 0 Å². The molecular weight excluding hydrogens is 226 g/mol. The first-order valence-corrected chi connectivity index (χ1v) is 6.55. The van der Waals surface area contributed by atoms with Gasteiger partial charge in [0.1, 0.15) is 0 Å². The van der Waals surface area contributed by atoms with E-state index in [1.54, 1.807) is 0 Å². The second kappa shape index (κ2) is 6.40. The Labute approximate surface area is 108 Å². The summed E-state index contributed by atoms with van der Waals surface area (Å²) in [5.74, 6) is 0. The number of rotatable bonds is 3. The van der Waals surface area contributed by atoms with Crippen LogP contribution >= 0.6 is 0 Å². The Hall–Kier alpha value is -1.55. The minimum Gasteiger partial charge on any atom is -0.338 e. The topological polar surface area (TPSA) is 44.4 Å². The molecule has 4 nitrogen and oxygen atoms in total. The zero-order valence-corrected chi connectivity index (χ0v) is 10.9. The van der Waals surface area contributed by atoms with Crippen LogP contribution < -0.4 is 10.6 Å². The van der Waals surface area contributed by atoms with E-state index in [-0.39, 0.29) is 6.03 Å². The van der Waals surface area contributed by atoms with Gasteiger partial charge in [-0.3, -0.25) is 0 Å². The highest BCUT2D eigenvalue weighted by molar-refractivity contribution is 5.74. The average molecular weight is 247 g/mol. The second-order valence-electron chi connectivity index (χ2n) is 4.65. The first-order valence-electron chi connectivity index (χ1n) is 6.55. The van der Waals surface area contributed by atoms with Gasteiger partial charge in [0.15, 0.2) is 0 Å². The summed E-state index contributed by atoms with van der Waals surface area (Å²) in [6.45, 7) is 6.20. The molecule has 1 saturated heterocycles. The molecule has 1 aromatic rings. The van der Waals surface area contributed by atoms with E-state index >= 15 is 0 Å². The predicted octanol–water partition coefficient (Wildman–Crippen LogP) is 1.15. The molecule has 1 aliphatic heterocycles. The van der Waals surface area contributed by atoms with Crippen LogP contribution in [0.2, 0.25) is 0 Å². The summed E-state index contributed by atoms with van der Waals surface area (Å²) in [6, 6.07) is 8.36. The number of carbonyl (C=O) groups is 1. The SMILES string of the molecule is Cc1ccccc1CCNC(=O)N1CCNCC1. The molecule has 1 aliphatic rings. The lowest BCUT2D eigenvalue weighted by molar-refractivity contribution is 0.190. The van der Waals surface area contributed by atoms with Crippen LogP contribution in [0.4, 0.5) is 4.79 Å². The van der Waals surface area contributed by atoms with Gasteiger partial charge < -0.3 is 15.5 Å². The van der Waals surface area contributed by atoms with Crippen molar-refractivity contribution in [1.82, 2.24) is 15.5 Å². The second-order valence-corrected chi connectivity index (χ2v) is 4.65. The van der Waals surface area contributed by atoms with Crippen LogP contribution in [0.5, 0.6) is 0 Å². The minimum atomic E-state index is 0.0603. The van der Waals surface area contributed by atoms with Crippen LogP contribution in [0, 0.1) is 6.92 Å². The maximum atomic E-state index is 11.9. The molecular formula is C14H21N3O. The molecule has 0 saturated carbocycles. The van der Waals surface area contributed by atoms with Gasteiger partial charge in [-0.1, -0.05) is 24.3 Å². The lowest BCUT2D eigenvalue weighted by Crippen LogP contribution is -2.50. The zero-order chi connectivity index (χ0) is 12.8. The molecule has 4 heteroatoms. The van der Waals surface area contributed by atoms with E-state index in [9.17, 15) is 4.79 Å². The van der Waals surface area contributed by atoms with Crippen molar-refractivity contribution in [2.45, 2.75) is 13.3 Å². The molecule has 0 aliphatic carbocycles. The molecule has 2 amide bonds. The maximum Gasteiger partial charge on any atom is 0.317 e. The number of benzene rings is 1. The molecule has 0 spiro atoms. The predicted molar refractivity (Wildman–Crippen MR) is 72.7 cm³/mol. The van der Waals surface area contributed by atoms with Crippen molar-refractivity contribution in [3.05, 3.63) is 35.4 Å². The lowest BCUT2D eigenvalue weighted by atomic mass is 10.1. The number of hydrogen-bond acceptors (Lipinski definition) is 2. The van der Waals surface area contributed by atoms with E-state index in [4.69, 9.17) is 0 Å². The number of nitrogens with one attached hydrogen (secondary N) is 2. The standard InChI is InChI=1S/C14H21N3O/c1-12-4-2-3-5-13(12)6-7-16-14(18)17-10-8-15-9-11-17/h2-5,15H,6-11H2,1H3,(H,16,18). The maximum absolute atomic E-state index is 11.9. The highest BCUT2D eigenvalue weighted by atomic mass is 16.2. The summed E-state index contributed by atoms with van der Waals surface area (Å²) < 4.78 is 0. The Morgan fingerprint density at radius 2 is 2.06 bits per heavy atom. The van der Waals surface area contributed by atoms with Crippen LogP contribution in [0.25, 0.3) is 0 Å². The summed E-state index contributed by atoms with van der Waals surface area (Å²) in [4.78, 5) is 13.7. The van der Waals surface area contributed by atoms with E-state index in [1.807, 2.05) is 17.0 Å². The third-order valence-electron chi connectivity index (χ3n) is 3.34. The smallest absolute Gasteiger partial charge is 0.317 e. The Kier molecular flexibility index (Phi) is 4.59. The molecule has 98 valence electrons. The van der Waals surface area contributed by atoms with Gasteiger partial charge in [-0.2, -0.15) is 0 Å². The zero-order valence-electron chi connectivity index (χ0n) is 10.9. The van der Waals surface area contributed by atoms with E-state index in [0.29, 0.717) is 6.54 Å². The molecule has 0 unspecified atom stereocenters. The Morgan fingerprint density at radius 1 is 1.33 bits per heavy atom. The molecule has 1 aromatic carbocycles. The van der Waals surface area contributed by atoms with Crippen LogP contribution in [0.1, 0.15) is 11.1 Å². The monoisotopic (exact) mass is 247 g/mol. The Bertz CT molecular complexity index is 400. The van der Waals surface area contributed by atoms with Gasteiger partial charge in [-0.05, 0) is 24.5 Å². The lowest BCUT2D eigenvalue weighted by Gasteiger charge is -2.27. The first kappa shape index (κ1) is 12.9. The Balaban J connectivity index is 1.75. The van der Waals surface area contributed by atoms with Gasteiger partial charge in [0, 0.05) is 32.7 Å². The fourth-order valence-corrected chi connectivity index (χ4v) is 2.17. The van der Waals surface area contributed by atoms with Crippen molar-refractivity contribution in [1.29, 1.82) is 0 Å². The summed E-state index contributed by atoms with van der Waals surface area (Å²) in [5.41, 5.74) is 2.59. The molecule has 18 heavy (non-hydrogen) atoms. The highest BCUT2D eigenvalue weighted by Crippen LogP contribution is 2.06. The van der Waals surface area contributed by atoms with E-state index < -0.39 is 0 Å². The number of aryl methyl sites for hydroxylation is 1. The highest BCUT2D eigenvalue weighted by Gasteiger charge is 2.14. The molecule has 0 aromatic heterocycles. The van der Waals surface area contributed by atoms with Gasteiger partial charge in [0.25, 0.3) is 0 Å². The Morgan fingerprint density at radius 3 is 2.78 bits per heavy atom. The van der Waals surface area contributed by atoms with Crippen molar-refractivity contribution in [3.8, 4) is 0 Å². The van der Waals surface area contributed by atoms with Gasteiger partial charge in [-0.25, -0.2) is 4.79 Å². The van der Waals surface area contributed by atoms with Gasteiger partial charge in [0.05, 0.1) is 0 Å². The number of urea groups is 1. The normalized spacial score (nSPS) is 15.5.